The Morgan fingerprint density at radius 1 is 1.40 bits per heavy atom. The van der Waals surface area contributed by atoms with Gasteiger partial charge in [0.2, 0.25) is 17.6 Å². The Morgan fingerprint density at radius 3 is 3.13 bits per heavy atom. The lowest BCUT2D eigenvalue weighted by Gasteiger charge is -2.21. The van der Waals surface area contributed by atoms with Crippen molar-refractivity contribution in [3.8, 4) is 10.7 Å². The number of amides is 1. The summed E-state index contributed by atoms with van der Waals surface area (Å²) in [4.78, 5) is 20.0. The number of carbonyl (C=O) groups is 1. The van der Waals surface area contributed by atoms with E-state index in [1.54, 1.807) is 11.3 Å². The number of carbonyl (C=O) groups excluding carboxylic acids is 1. The number of rotatable bonds is 8. The SMILES string of the molecule is Cc1ccc(Cl)cc1N1CCC(CNC(=O)CCCc2nc(-c3cccs3)no2)C1. The third kappa shape index (κ3) is 5.21. The lowest BCUT2D eigenvalue weighted by Crippen LogP contribution is -2.31. The van der Waals surface area contributed by atoms with E-state index in [0.717, 1.165) is 29.4 Å². The Labute approximate surface area is 185 Å². The van der Waals surface area contributed by atoms with E-state index >= 15 is 0 Å². The second-order valence-corrected chi connectivity index (χ2v) is 9.06. The molecule has 1 amide bonds. The van der Waals surface area contributed by atoms with Crippen LogP contribution in [0.25, 0.3) is 10.7 Å². The van der Waals surface area contributed by atoms with Crippen molar-refractivity contribution in [1.82, 2.24) is 15.5 Å². The molecule has 1 fully saturated rings. The number of halogens is 1. The van der Waals surface area contributed by atoms with E-state index in [4.69, 9.17) is 16.1 Å². The predicted molar refractivity (Wildman–Crippen MR) is 120 cm³/mol. The van der Waals surface area contributed by atoms with Gasteiger partial charge in [0.15, 0.2) is 0 Å². The number of nitrogens with one attached hydrogen (secondary N) is 1. The van der Waals surface area contributed by atoms with Crippen molar-refractivity contribution in [1.29, 1.82) is 0 Å². The maximum atomic E-state index is 12.2. The third-order valence-corrected chi connectivity index (χ3v) is 6.49. The second kappa shape index (κ2) is 9.62. The number of hydrogen-bond acceptors (Lipinski definition) is 6. The predicted octanol–water partition coefficient (Wildman–Crippen LogP) is 4.73. The number of aryl methyl sites for hydroxylation is 2. The fraction of sp³-hybridized carbons (Fsp3) is 0.409. The van der Waals surface area contributed by atoms with Crippen LogP contribution < -0.4 is 10.2 Å². The standard InChI is InChI=1S/C22H25ClN4O2S/c1-15-7-8-17(23)12-18(15)27-10-9-16(14-27)13-24-20(28)5-2-6-21-25-22(26-29-21)19-4-3-11-30-19/h3-4,7-8,11-12,16H,2,5-6,9-10,13-14H2,1H3,(H,24,28). The molecule has 4 rings (SSSR count). The number of nitrogens with zero attached hydrogens (tertiary/aromatic N) is 3. The van der Waals surface area contributed by atoms with E-state index in [-0.39, 0.29) is 5.91 Å². The minimum Gasteiger partial charge on any atom is -0.371 e. The molecular formula is C22H25ClN4O2S. The van der Waals surface area contributed by atoms with Crippen LogP contribution in [-0.4, -0.2) is 35.7 Å². The van der Waals surface area contributed by atoms with E-state index in [9.17, 15) is 4.79 Å². The third-order valence-electron chi connectivity index (χ3n) is 5.39. The molecule has 1 saturated heterocycles. The molecule has 0 spiro atoms. The number of anilines is 1. The summed E-state index contributed by atoms with van der Waals surface area (Å²) in [6.07, 6.45) is 2.83. The van der Waals surface area contributed by atoms with Gasteiger partial charge in [-0.05, 0) is 54.8 Å². The average molecular weight is 445 g/mol. The minimum atomic E-state index is 0.0744. The Hall–Kier alpha value is -2.38. The van der Waals surface area contributed by atoms with Gasteiger partial charge < -0.3 is 14.7 Å². The summed E-state index contributed by atoms with van der Waals surface area (Å²) in [6, 6.07) is 9.93. The fourth-order valence-electron chi connectivity index (χ4n) is 3.75. The maximum absolute atomic E-state index is 12.2. The van der Waals surface area contributed by atoms with Gasteiger partial charge in [0.25, 0.3) is 0 Å². The second-order valence-electron chi connectivity index (χ2n) is 7.68. The van der Waals surface area contributed by atoms with Crippen LogP contribution in [0.2, 0.25) is 5.02 Å². The lowest BCUT2D eigenvalue weighted by atomic mass is 10.1. The van der Waals surface area contributed by atoms with Crippen LogP contribution in [0.4, 0.5) is 5.69 Å². The number of thiophene rings is 1. The first-order chi connectivity index (χ1) is 14.6. The summed E-state index contributed by atoms with van der Waals surface area (Å²) in [5, 5.41) is 9.82. The Morgan fingerprint density at radius 2 is 2.30 bits per heavy atom. The van der Waals surface area contributed by atoms with Crippen molar-refractivity contribution in [2.45, 2.75) is 32.6 Å². The number of benzene rings is 1. The van der Waals surface area contributed by atoms with Gasteiger partial charge in [0.1, 0.15) is 0 Å². The van der Waals surface area contributed by atoms with E-state index in [0.29, 0.717) is 43.4 Å². The van der Waals surface area contributed by atoms with E-state index in [1.165, 1.54) is 11.3 Å². The molecule has 0 radical (unpaired) electrons. The zero-order valence-electron chi connectivity index (χ0n) is 16.9. The number of aromatic nitrogens is 2. The molecule has 158 valence electrons. The zero-order chi connectivity index (χ0) is 20.9. The van der Waals surface area contributed by atoms with Crippen molar-refractivity contribution >= 4 is 34.5 Å². The molecule has 2 aromatic heterocycles. The van der Waals surface area contributed by atoms with Crippen molar-refractivity contribution in [3.05, 3.63) is 52.2 Å². The molecule has 1 unspecified atom stereocenters. The zero-order valence-corrected chi connectivity index (χ0v) is 18.5. The molecule has 0 saturated carbocycles. The summed E-state index contributed by atoms with van der Waals surface area (Å²) in [6.45, 7) is 4.74. The van der Waals surface area contributed by atoms with E-state index in [1.807, 2.05) is 29.6 Å². The van der Waals surface area contributed by atoms with Crippen LogP contribution in [0.1, 0.15) is 30.7 Å². The van der Waals surface area contributed by atoms with Gasteiger partial charge in [0.05, 0.1) is 4.88 Å². The highest BCUT2D eigenvalue weighted by Crippen LogP contribution is 2.29. The van der Waals surface area contributed by atoms with Gasteiger partial charge in [-0.1, -0.05) is 28.9 Å². The normalized spacial score (nSPS) is 16.2. The first kappa shape index (κ1) is 20.9. The highest BCUT2D eigenvalue weighted by atomic mass is 35.5. The highest BCUT2D eigenvalue weighted by molar-refractivity contribution is 7.13. The molecule has 30 heavy (non-hydrogen) atoms. The molecule has 1 aliphatic rings. The molecule has 3 heterocycles. The van der Waals surface area contributed by atoms with Crippen molar-refractivity contribution in [2.75, 3.05) is 24.5 Å². The summed E-state index contributed by atoms with van der Waals surface area (Å²) < 4.78 is 5.28. The molecule has 1 N–H and O–H groups in total. The molecular weight excluding hydrogens is 420 g/mol. The summed E-state index contributed by atoms with van der Waals surface area (Å²) in [5.74, 6) is 1.72. The van der Waals surface area contributed by atoms with Crippen molar-refractivity contribution in [3.63, 3.8) is 0 Å². The van der Waals surface area contributed by atoms with Crippen LogP contribution in [0, 0.1) is 12.8 Å². The van der Waals surface area contributed by atoms with E-state index in [2.05, 4.69) is 33.3 Å². The molecule has 6 nitrogen and oxygen atoms in total. The molecule has 1 atom stereocenters. The summed E-state index contributed by atoms with van der Waals surface area (Å²) in [5.41, 5.74) is 2.42. The first-order valence-corrected chi connectivity index (χ1v) is 11.5. The Bertz CT molecular complexity index is 989. The monoisotopic (exact) mass is 444 g/mol. The van der Waals surface area contributed by atoms with E-state index < -0.39 is 0 Å². The lowest BCUT2D eigenvalue weighted by molar-refractivity contribution is -0.121. The molecule has 0 aliphatic carbocycles. The van der Waals surface area contributed by atoms with Crippen LogP contribution >= 0.6 is 22.9 Å². The Kier molecular flexibility index (Phi) is 6.69. The van der Waals surface area contributed by atoms with Gasteiger partial charge in [-0.2, -0.15) is 4.98 Å². The van der Waals surface area contributed by atoms with Crippen molar-refractivity contribution < 1.29 is 9.32 Å². The van der Waals surface area contributed by atoms with Gasteiger partial charge in [0, 0.05) is 43.2 Å². The van der Waals surface area contributed by atoms with Gasteiger partial charge in [-0.25, -0.2) is 0 Å². The quantitative estimate of drug-likeness (QED) is 0.544. The fourth-order valence-corrected chi connectivity index (χ4v) is 4.57. The van der Waals surface area contributed by atoms with Crippen LogP contribution in [0.15, 0.2) is 40.2 Å². The average Bonchev–Trinajstić information content (AvgIpc) is 3.49. The maximum Gasteiger partial charge on any atom is 0.226 e. The van der Waals surface area contributed by atoms with Crippen LogP contribution in [-0.2, 0) is 11.2 Å². The molecule has 8 heteroatoms. The molecule has 3 aromatic rings. The van der Waals surface area contributed by atoms with Gasteiger partial charge in [-0.15, -0.1) is 11.3 Å². The highest BCUT2D eigenvalue weighted by Gasteiger charge is 2.24. The Balaban J connectivity index is 1.17. The summed E-state index contributed by atoms with van der Waals surface area (Å²) >= 11 is 7.73. The topological polar surface area (TPSA) is 71.3 Å². The van der Waals surface area contributed by atoms with Crippen molar-refractivity contribution in [2.24, 2.45) is 5.92 Å². The largest absolute Gasteiger partial charge is 0.371 e. The number of hydrogen-bond donors (Lipinski definition) is 1. The first-order valence-electron chi connectivity index (χ1n) is 10.2. The smallest absolute Gasteiger partial charge is 0.226 e. The minimum absolute atomic E-state index is 0.0744. The van der Waals surface area contributed by atoms with Gasteiger partial charge >= 0.3 is 0 Å². The van der Waals surface area contributed by atoms with Crippen LogP contribution in [0.3, 0.4) is 0 Å². The molecule has 0 bridgehead atoms. The van der Waals surface area contributed by atoms with Gasteiger partial charge in [-0.3, -0.25) is 4.79 Å². The summed E-state index contributed by atoms with van der Waals surface area (Å²) in [7, 11) is 0. The van der Waals surface area contributed by atoms with Crippen LogP contribution in [0.5, 0.6) is 0 Å². The molecule has 1 aliphatic heterocycles. The molecule has 1 aromatic carbocycles.